The fraction of sp³-hybridized carbons (Fsp3) is 0.889. The standard InChI is InChI=1S/C9H20N2O2/c1-3-4-7-11-9(13)6-5-8(12)10-2/h9,11,13H,3-7H2,1-2H3,(H,10,12). The maximum Gasteiger partial charge on any atom is 0.219 e. The van der Waals surface area contributed by atoms with Crippen molar-refractivity contribution in [2.24, 2.45) is 0 Å². The Kier molecular flexibility index (Phi) is 7.63. The summed E-state index contributed by atoms with van der Waals surface area (Å²) in [6.45, 7) is 2.91. The third-order valence-corrected chi connectivity index (χ3v) is 1.83. The van der Waals surface area contributed by atoms with Crippen molar-refractivity contribution in [3.8, 4) is 0 Å². The molecule has 0 rings (SSSR count). The quantitative estimate of drug-likeness (QED) is 0.395. The number of aliphatic hydroxyl groups is 1. The van der Waals surface area contributed by atoms with E-state index in [9.17, 15) is 9.90 Å². The molecule has 4 nitrogen and oxygen atoms in total. The van der Waals surface area contributed by atoms with Crippen molar-refractivity contribution in [2.75, 3.05) is 13.6 Å². The Bertz CT molecular complexity index is 140. The number of aliphatic hydroxyl groups excluding tert-OH is 1. The normalized spacial score (nSPS) is 12.5. The molecule has 0 aliphatic rings. The number of carbonyl (C=O) groups is 1. The number of nitrogens with one attached hydrogen (secondary N) is 2. The first-order valence-electron chi connectivity index (χ1n) is 4.82. The number of carbonyl (C=O) groups excluding carboxylic acids is 1. The molecular weight excluding hydrogens is 168 g/mol. The Morgan fingerprint density at radius 2 is 2.23 bits per heavy atom. The molecule has 0 saturated carbocycles. The van der Waals surface area contributed by atoms with E-state index in [2.05, 4.69) is 17.6 Å². The highest BCUT2D eigenvalue weighted by atomic mass is 16.3. The molecule has 0 fully saturated rings. The summed E-state index contributed by atoms with van der Waals surface area (Å²) in [6, 6.07) is 0. The second-order valence-electron chi connectivity index (χ2n) is 3.04. The van der Waals surface area contributed by atoms with Crippen LogP contribution in [0.15, 0.2) is 0 Å². The maximum atomic E-state index is 10.8. The summed E-state index contributed by atoms with van der Waals surface area (Å²) < 4.78 is 0. The average molecular weight is 188 g/mol. The molecule has 0 aliphatic heterocycles. The minimum atomic E-state index is -0.552. The first-order chi connectivity index (χ1) is 6.20. The lowest BCUT2D eigenvalue weighted by atomic mass is 10.2. The van der Waals surface area contributed by atoms with Crippen molar-refractivity contribution < 1.29 is 9.90 Å². The fourth-order valence-electron chi connectivity index (χ4n) is 0.940. The van der Waals surface area contributed by atoms with E-state index in [-0.39, 0.29) is 5.91 Å². The number of amides is 1. The first-order valence-corrected chi connectivity index (χ1v) is 4.82. The van der Waals surface area contributed by atoms with Gasteiger partial charge in [-0.15, -0.1) is 0 Å². The number of unbranched alkanes of at least 4 members (excludes halogenated alkanes) is 1. The lowest BCUT2D eigenvalue weighted by molar-refractivity contribution is -0.121. The van der Waals surface area contributed by atoms with E-state index >= 15 is 0 Å². The Morgan fingerprint density at radius 1 is 1.54 bits per heavy atom. The summed E-state index contributed by atoms with van der Waals surface area (Å²) in [4.78, 5) is 10.8. The fourth-order valence-corrected chi connectivity index (χ4v) is 0.940. The van der Waals surface area contributed by atoms with Crippen molar-refractivity contribution in [3.63, 3.8) is 0 Å². The average Bonchev–Trinajstić information content (AvgIpc) is 2.14. The Balaban J connectivity index is 3.29. The van der Waals surface area contributed by atoms with Crippen LogP contribution < -0.4 is 10.6 Å². The highest BCUT2D eigenvalue weighted by molar-refractivity contribution is 5.75. The van der Waals surface area contributed by atoms with Gasteiger partial charge in [-0.1, -0.05) is 13.3 Å². The van der Waals surface area contributed by atoms with Crippen LogP contribution in [0.2, 0.25) is 0 Å². The van der Waals surface area contributed by atoms with Crippen LogP contribution in [0.3, 0.4) is 0 Å². The van der Waals surface area contributed by atoms with Crippen molar-refractivity contribution >= 4 is 5.91 Å². The predicted molar refractivity (Wildman–Crippen MR) is 52.2 cm³/mol. The molecule has 4 heteroatoms. The zero-order valence-electron chi connectivity index (χ0n) is 8.47. The second-order valence-corrected chi connectivity index (χ2v) is 3.04. The molecule has 0 radical (unpaired) electrons. The van der Waals surface area contributed by atoms with Gasteiger partial charge in [0.15, 0.2) is 0 Å². The van der Waals surface area contributed by atoms with Gasteiger partial charge in [0.25, 0.3) is 0 Å². The lowest BCUT2D eigenvalue weighted by Gasteiger charge is -2.11. The van der Waals surface area contributed by atoms with Crippen molar-refractivity contribution in [1.82, 2.24) is 10.6 Å². The molecule has 1 unspecified atom stereocenters. The van der Waals surface area contributed by atoms with Gasteiger partial charge in [-0.3, -0.25) is 10.1 Å². The van der Waals surface area contributed by atoms with Gasteiger partial charge in [0.2, 0.25) is 5.91 Å². The van der Waals surface area contributed by atoms with Gasteiger partial charge in [-0.05, 0) is 19.4 Å². The van der Waals surface area contributed by atoms with E-state index in [0.29, 0.717) is 12.8 Å². The molecule has 3 N–H and O–H groups in total. The molecule has 0 aromatic carbocycles. The molecular formula is C9H20N2O2. The molecule has 0 aromatic rings. The summed E-state index contributed by atoms with van der Waals surface area (Å²) >= 11 is 0. The number of hydrogen-bond donors (Lipinski definition) is 3. The largest absolute Gasteiger partial charge is 0.379 e. The van der Waals surface area contributed by atoms with Gasteiger partial charge in [-0.2, -0.15) is 0 Å². The van der Waals surface area contributed by atoms with E-state index in [0.717, 1.165) is 19.4 Å². The van der Waals surface area contributed by atoms with E-state index < -0.39 is 6.23 Å². The van der Waals surface area contributed by atoms with Crippen molar-refractivity contribution in [3.05, 3.63) is 0 Å². The molecule has 0 aliphatic carbocycles. The maximum absolute atomic E-state index is 10.8. The first kappa shape index (κ1) is 12.4. The Morgan fingerprint density at radius 3 is 2.77 bits per heavy atom. The summed E-state index contributed by atoms with van der Waals surface area (Å²) in [5.41, 5.74) is 0. The smallest absolute Gasteiger partial charge is 0.219 e. The molecule has 0 bridgehead atoms. The van der Waals surface area contributed by atoms with Crippen LogP contribution in [0.5, 0.6) is 0 Å². The van der Waals surface area contributed by atoms with Gasteiger partial charge in [0.1, 0.15) is 6.23 Å². The van der Waals surface area contributed by atoms with Crippen LogP contribution in [0.1, 0.15) is 32.6 Å². The van der Waals surface area contributed by atoms with Crippen molar-refractivity contribution in [2.45, 2.75) is 38.8 Å². The third kappa shape index (κ3) is 7.74. The molecule has 0 spiro atoms. The summed E-state index contributed by atoms with van der Waals surface area (Å²) in [6.07, 6.45) is 2.45. The van der Waals surface area contributed by atoms with E-state index in [1.165, 1.54) is 0 Å². The second kappa shape index (κ2) is 8.01. The SMILES string of the molecule is CCCCNC(O)CCC(=O)NC. The number of hydrogen-bond acceptors (Lipinski definition) is 3. The molecule has 1 atom stereocenters. The summed E-state index contributed by atoms with van der Waals surface area (Å²) in [5.74, 6) is -0.0312. The van der Waals surface area contributed by atoms with Gasteiger partial charge in [0.05, 0.1) is 0 Å². The number of rotatable bonds is 7. The van der Waals surface area contributed by atoms with Gasteiger partial charge in [0, 0.05) is 13.5 Å². The van der Waals surface area contributed by atoms with Crippen LogP contribution in [-0.2, 0) is 4.79 Å². The van der Waals surface area contributed by atoms with Crippen LogP contribution in [0.4, 0.5) is 0 Å². The monoisotopic (exact) mass is 188 g/mol. The van der Waals surface area contributed by atoms with E-state index in [1.807, 2.05) is 0 Å². The predicted octanol–water partition coefficient (Wildman–Crippen LogP) is 0.221. The zero-order valence-corrected chi connectivity index (χ0v) is 8.47. The Hall–Kier alpha value is -0.610. The highest BCUT2D eigenvalue weighted by Gasteiger charge is 2.05. The van der Waals surface area contributed by atoms with Gasteiger partial charge < -0.3 is 10.4 Å². The Labute approximate surface area is 79.7 Å². The van der Waals surface area contributed by atoms with E-state index in [1.54, 1.807) is 7.05 Å². The highest BCUT2D eigenvalue weighted by Crippen LogP contribution is 1.94. The molecule has 0 heterocycles. The van der Waals surface area contributed by atoms with Gasteiger partial charge in [-0.25, -0.2) is 0 Å². The minimum Gasteiger partial charge on any atom is -0.379 e. The van der Waals surface area contributed by atoms with Crippen LogP contribution in [0, 0.1) is 0 Å². The topological polar surface area (TPSA) is 61.4 Å². The van der Waals surface area contributed by atoms with Crippen molar-refractivity contribution in [1.29, 1.82) is 0 Å². The lowest BCUT2D eigenvalue weighted by Crippen LogP contribution is -2.31. The molecule has 0 aromatic heterocycles. The van der Waals surface area contributed by atoms with Crippen LogP contribution in [0.25, 0.3) is 0 Å². The van der Waals surface area contributed by atoms with E-state index in [4.69, 9.17) is 0 Å². The molecule has 1 amide bonds. The van der Waals surface area contributed by atoms with Gasteiger partial charge >= 0.3 is 0 Å². The molecule has 78 valence electrons. The van der Waals surface area contributed by atoms with Crippen LogP contribution >= 0.6 is 0 Å². The summed E-state index contributed by atoms with van der Waals surface area (Å²) in [5, 5.41) is 14.8. The summed E-state index contributed by atoms with van der Waals surface area (Å²) in [7, 11) is 1.60. The third-order valence-electron chi connectivity index (χ3n) is 1.83. The molecule has 0 saturated heterocycles. The zero-order chi connectivity index (χ0) is 10.1. The molecule has 13 heavy (non-hydrogen) atoms. The minimum absolute atomic E-state index is 0.0312. The van der Waals surface area contributed by atoms with Crippen LogP contribution in [-0.4, -0.2) is 30.8 Å².